The summed E-state index contributed by atoms with van der Waals surface area (Å²) in [4.78, 5) is 10.6. The Morgan fingerprint density at radius 3 is 3.00 bits per heavy atom. The molecule has 0 aromatic carbocycles. The molecule has 0 heterocycles. The first-order valence-corrected chi connectivity index (χ1v) is 3.44. The number of amides is 1. The molecule has 0 aliphatic rings. The molecule has 0 bridgehead atoms. The second kappa shape index (κ2) is 6.92. The lowest BCUT2D eigenvalue weighted by molar-refractivity contribution is 0.148. The average molecular weight is 159 g/mol. The van der Waals surface area contributed by atoms with Gasteiger partial charge in [0.2, 0.25) is 0 Å². The molecular formula is C7H13NO3. The Morgan fingerprint density at radius 1 is 1.73 bits per heavy atom. The normalized spacial score (nSPS) is 8.45. The van der Waals surface area contributed by atoms with Gasteiger partial charge in [-0.25, -0.2) is 4.79 Å². The molecule has 0 spiro atoms. The van der Waals surface area contributed by atoms with E-state index in [1.807, 2.05) is 0 Å². The van der Waals surface area contributed by atoms with Gasteiger partial charge in [0.1, 0.15) is 6.61 Å². The van der Waals surface area contributed by atoms with E-state index in [4.69, 9.17) is 4.74 Å². The number of alkyl carbamates (subject to hydrolysis) is 1. The monoisotopic (exact) mass is 159 g/mol. The van der Waals surface area contributed by atoms with Gasteiger partial charge in [-0.3, -0.25) is 0 Å². The van der Waals surface area contributed by atoms with Crippen LogP contribution in [0.15, 0.2) is 12.8 Å². The third kappa shape index (κ3) is 6.70. The van der Waals surface area contributed by atoms with Crippen LogP contribution in [-0.4, -0.2) is 25.9 Å². The van der Waals surface area contributed by atoms with Crippen molar-refractivity contribution in [3.63, 3.8) is 0 Å². The van der Waals surface area contributed by atoms with E-state index in [0.29, 0.717) is 19.8 Å². The van der Waals surface area contributed by atoms with Crippen LogP contribution in [0.1, 0.15) is 6.92 Å². The van der Waals surface area contributed by atoms with E-state index >= 15 is 0 Å². The predicted molar refractivity (Wildman–Crippen MR) is 41.2 cm³/mol. The van der Waals surface area contributed by atoms with Crippen molar-refractivity contribution in [2.45, 2.75) is 6.92 Å². The number of rotatable bonds is 5. The highest BCUT2D eigenvalue weighted by Crippen LogP contribution is 1.76. The lowest BCUT2D eigenvalue weighted by atomic mass is 10.7. The van der Waals surface area contributed by atoms with Gasteiger partial charge in [-0.15, -0.1) is 0 Å². The van der Waals surface area contributed by atoms with Gasteiger partial charge in [0.05, 0.1) is 19.4 Å². The van der Waals surface area contributed by atoms with Crippen LogP contribution in [0.2, 0.25) is 0 Å². The molecule has 11 heavy (non-hydrogen) atoms. The zero-order chi connectivity index (χ0) is 8.53. The van der Waals surface area contributed by atoms with E-state index in [0.717, 1.165) is 0 Å². The Hall–Kier alpha value is -1.19. The van der Waals surface area contributed by atoms with E-state index in [-0.39, 0.29) is 0 Å². The Morgan fingerprint density at radius 2 is 2.45 bits per heavy atom. The lowest BCUT2D eigenvalue weighted by Crippen LogP contribution is -2.27. The molecule has 0 rings (SSSR count). The van der Waals surface area contributed by atoms with Crippen LogP contribution in [-0.2, 0) is 9.47 Å². The fraction of sp³-hybridized carbons (Fsp3) is 0.571. The molecular weight excluding hydrogens is 146 g/mol. The Balaban J connectivity index is 3.10. The summed E-state index contributed by atoms with van der Waals surface area (Å²) in [6, 6.07) is 0. The summed E-state index contributed by atoms with van der Waals surface area (Å²) in [5.74, 6) is 0. The van der Waals surface area contributed by atoms with Crippen LogP contribution >= 0.6 is 0 Å². The molecule has 0 aliphatic heterocycles. The number of hydrogen-bond acceptors (Lipinski definition) is 3. The molecule has 0 fully saturated rings. The summed E-state index contributed by atoms with van der Waals surface area (Å²) in [6.45, 7) is 6.33. The van der Waals surface area contributed by atoms with E-state index in [1.165, 1.54) is 6.26 Å². The van der Waals surface area contributed by atoms with Crippen LogP contribution in [0.3, 0.4) is 0 Å². The fourth-order valence-electron chi connectivity index (χ4n) is 0.477. The molecule has 0 aliphatic carbocycles. The summed E-state index contributed by atoms with van der Waals surface area (Å²) in [7, 11) is 0. The fourth-order valence-corrected chi connectivity index (χ4v) is 0.477. The maximum absolute atomic E-state index is 10.6. The predicted octanol–water partition coefficient (Wildman–Crippen LogP) is 0.893. The minimum absolute atomic E-state index is 0.383. The minimum Gasteiger partial charge on any atom is -0.500 e. The zero-order valence-corrected chi connectivity index (χ0v) is 6.63. The number of nitrogens with one attached hydrogen (secondary N) is 1. The summed E-state index contributed by atoms with van der Waals surface area (Å²) in [5.41, 5.74) is 0. The van der Waals surface area contributed by atoms with E-state index in [9.17, 15) is 4.79 Å². The summed E-state index contributed by atoms with van der Waals surface area (Å²) in [5, 5.41) is 2.48. The van der Waals surface area contributed by atoms with Crippen molar-refractivity contribution < 1.29 is 14.3 Å². The molecule has 4 heteroatoms. The minimum atomic E-state index is -0.417. The standard InChI is InChI=1S/C7H13NO3/c1-3-10-6-5-8-7(9)11-4-2/h3H,1,4-6H2,2H3,(H,8,9). The number of carbonyl (C=O) groups excluding carboxylic acids is 1. The Labute approximate surface area is 66.2 Å². The highest BCUT2D eigenvalue weighted by Gasteiger charge is 1.96. The topological polar surface area (TPSA) is 47.6 Å². The van der Waals surface area contributed by atoms with Gasteiger partial charge in [0.25, 0.3) is 0 Å². The summed E-state index contributed by atoms with van der Waals surface area (Å²) in [6.07, 6.45) is 0.910. The molecule has 4 nitrogen and oxygen atoms in total. The molecule has 1 amide bonds. The van der Waals surface area contributed by atoms with E-state index < -0.39 is 6.09 Å². The smallest absolute Gasteiger partial charge is 0.407 e. The molecule has 1 N–H and O–H groups in total. The zero-order valence-electron chi connectivity index (χ0n) is 6.63. The number of ether oxygens (including phenoxy) is 2. The first-order valence-electron chi connectivity index (χ1n) is 3.44. The van der Waals surface area contributed by atoms with Gasteiger partial charge in [0, 0.05) is 0 Å². The molecule has 0 unspecified atom stereocenters. The summed E-state index contributed by atoms with van der Waals surface area (Å²) >= 11 is 0. The maximum atomic E-state index is 10.6. The highest BCUT2D eigenvalue weighted by molar-refractivity contribution is 5.66. The van der Waals surface area contributed by atoms with Gasteiger partial charge in [-0.2, -0.15) is 0 Å². The van der Waals surface area contributed by atoms with E-state index in [1.54, 1.807) is 6.92 Å². The molecule has 0 saturated heterocycles. The molecule has 64 valence electrons. The Kier molecular flexibility index (Phi) is 6.17. The van der Waals surface area contributed by atoms with Crippen molar-refractivity contribution in [1.82, 2.24) is 5.32 Å². The van der Waals surface area contributed by atoms with E-state index in [2.05, 4.69) is 16.6 Å². The van der Waals surface area contributed by atoms with Crippen molar-refractivity contribution in [2.75, 3.05) is 19.8 Å². The third-order valence-electron chi connectivity index (χ3n) is 0.883. The van der Waals surface area contributed by atoms with Crippen molar-refractivity contribution in [3.05, 3.63) is 12.8 Å². The Bertz CT molecular complexity index is 125. The van der Waals surface area contributed by atoms with Crippen molar-refractivity contribution in [2.24, 2.45) is 0 Å². The molecule has 0 aromatic rings. The third-order valence-corrected chi connectivity index (χ3v) is 0.883. The second-order valence-corrected chi connectivity index (χ2v) is 1.68. The molecule has 0 saturated carbocycles. The van der Waals surface area contributed by atoms with Crippen molar-refractivity contribution in [1.29, 1.82) is 0 Å². The number of carbonyl (C=O) groups is 1. The molecule has 0 radical (unpaired) electrons. The molecule has 0 atom stereocenters. The number of hydrogen-bond donors (Lipinski definition) is 1. The van der Waals surface area contributed by atoms with Gasteiger partial charge in [-0.05, 0) is 6.92 Å². The van der Waals surface area contributed by atoms with Gasteiger partial charge in [0.15, 0.2) is 0 Å². The first kappa shape index (κ1) is 9.81. The van der Waals surface area contributed by atoms with Gasteiger partial charge >= 0.3 is 6.09 Å². The highest BCUT2D eigenvalue weighted by atomic mass is 16.5. The van der Waals surface area contributed by atoms with Gasteiger partial charge < -0.3 is 14.8 Å². The van der Waals surface area contributed by atoms with Crippen molar-refractivity contribution in [3.8, 4) is 0 Å². The lowest BCUT2D eigenvalue weighted by Gasteiger charge is -2.03. The molecule has 0 aromatic heterocycles. The van der Waals surface area contributed by atoms with Crippen LogP contribution in [0.25, 0.3) is 0 Å². The largest absolute Gasteiger partial charge is 0.500 e. The average Bonchev–Trinajstić information content (AvgIpc) is 1.99. The quantitative estimate of drug-likeness (QED) is 0.478. The second-order valence-electron chi connectivity index (χ2n) is 1.68. The summed E-state index contributed by atoms with van der Waals surface area (Å²) < 4.78 is 9.35. The first-order chi connectivity index (χ1) is 5.31. The van der Waals surface area contributed by atoms with Crippen molar-refractivity contribution >= 4 is 6.09 Å². The SMILES string of the molecule is C=COCCNC(=O)OCC. The van der Waals surface area contributed by atoms with Crippen LogP contribution in [0, 0.1) is 0 Å². The van der Waals surface area contributed by atoms with Crippen LogP contribution < -0.4 is 5.32 Å². The maximum Gasteiger partial charge on any atom is 0.407 e. The van der Waals surface area contributed by atoms with Crippen LogP contribution in [0.5, 0.6) is 0 Å². The van der Waals surface area contributed by atoms with Gasteiger partial charge in [-0.1, -0.05) is 6.58 Å². The van der Waals surface area contributed by atoms with Crippen LogP contribution in [0.4, 0.5) is 4.79 Å².